The van der Waals surface area contributed by atoms with Gasteiger partial charge in [-0.25, -0.2) is 4.79 Å². The third-order valence-corrected chi connectivity index (χ3v) is 4.51. The molecule has 21 heavy (non-hydrogen) atoms. The molecule has 1 aliphatic carbocycles. The van der Waals surface area contributed by atoms with Crippen LogP contribution in [0.4, 0.5) is 0 Å². The van der Waals surface area contributed by atoms with E-state index in [-0.39, 0.29) is 35.8 Å². The first-order chi connectivity index (χ1) is 9.97. The number of imide groups is 1. The maximum atomic E-state index is 12.3. The van der Waals surface area contributed by atoms with E-state index in [1.165, 1.54) is 17.0 Å². The highest BCUT2D eigenvalue weighted by atomic mass is 16.4. The van der Waals surface area contributed by atoms with E-state index in [0.29, 0.717) is 5.92 Å². The normalized spacial score (nSPS) is 28.0. The number of aromatic carboxylic acids is 1. The SMILES string of the molecule is CC1CC2C(=O)N(Cc3ccc(C(=O)O)cc3)C(=O)C2C1. The second-order valence-corrected chi connectivity index (χ2v) is 6.05. The minimum atomic E-state index is -0.988. The Morgan fingerprint density at radius 2 is 1.67 bits per heavy atom. The van der Waals surface area contributed by atoms with Crippen LogP contribution in [0.5, 0.6) is 0 Å². The van der Waals surface area contributed by atoms with Gasteiger partial charge in [0.05, 0.1) is 23.9 Å². The summed E-state index contributed by atoms with van der Waals surface area (Å²) in [5.74, 6) is -0.992. The van der Waals surface area contributed by atoms with Crippen LogP contribution in [-0.4, -0.2) is 27.8 Å². The lowest BCUT2D eigenvalue weighted by Gasteiger charge is -2.17. The summed E-state index contributed by atoms with van der Waals surface area (Å²) < 4.78 is 0. The first kappa shape index (κ1) is 13.8. The molecule has 1 aromatic carbocycles. The van der Waals surface area contributed by atoms with Gasteiger partial charge in [0.2, 0.25) is 11.8 Å². The lowest BCUT2D eigenvalue weighted by atomic mass is 10.00. The Morgan fingerprint density at radius 1 is 1.14 bits per heavy atom. The van der Waals surface area contributed by atoms with Crippen molar-refractivity contribution in [1.82, 2.24) is 4.90 Å². The summed E-state index contributed by atoms with van der Waals surface area (Å²) in [5, 5.41) is 8.86. The molecule has 2 unspecified atom stereocenters. The first-order valence-electron chi connectivity index (χ1n) is 7.15. The molecule has 5 heteroatoms. The fourth-order valence-electron chi connectivity index (χ4n) is 3.44. The van der Waals surface area contributed by atoms with Crippen LogP contribution in [0.3, 0.4) is 0 Å². The average Bonchev–Trinajstić information content (AvgIpc) is 2.93. The minimum absolute atomic E-state index is 0.0725. The molecule has 2 atom stereocenters. The lowest BCUT2D eigenvalue weighted by molar-refractivity contribution is -0.141. The molecule has 0 spiro atoms. The van der Waals surface area contributed by atoms with E-state index in [2.05, 4.69) is 6.92 Å². The fourth-order valence-corrected chi connectivity index (χ4v) is 3.44. The summed E-state index contributed by atoms with van der Waals surface area (Å²) in [4.78, 5) is 36.8. The number of carbonyl (C=O) groups excluding carboxylic acids is 2. The van der Waals surface area contributed by atoms with Gasteiger partial charge < -0.3 is 5.11 Å². The molecule has 110 valence electrons. The van der Waals surface area contributed by atoms with Crippen molar-refractivity contribution in [2.75, 3.05) is 0 Å². The molecule has 1 aromatic rings. The third-order valence-electron chi connectivity index (χ3n) is 4.51. The van der Waals surface area contributed by atoms with E-state index in [9.17, 15) is 14.4 Å². The highest BCUT2D eigenvalue weighted by Gasteiger charge is 2.51. The maximum Gasteiger partial charge on any atom is 0.335 e. The Balaban J connectivity index is 1.75. The zero-order valence-electron chi connectivity index (χ0n) is 11.8. The maximum absolute atomic E-state index is 12.3. The zero-order valence-corrected chi connectivity index (χ0v) is 11.8. The lowest BCUT2D eigenvalue weighted by Crippen LogP contribution is -2.31. The van der Waals surface area contributed by atoms with Gasteiger partial charge in [-0.15, -0.1) is 0 Å². The van der Waals surface area contributed by atoms with Crippen LogP contribution >= 0.6 is 0 Å². The van der Waals surface area contributed by atoms with Gasteiger partial charge in [-0.3, -0.25) is 14.5 Å². The quantitative estimate of drug-likeness (QED) is 0.862. The second-order valence-electron chi connectivity index (χ2n) is 6.05. The van der Waals surface area contributed by atoms with Crippen molar-refractivity contribution in [2.45, 2.75) is 26.3 Å². The molecule has 0 bridgehead atoms. The molecule has 3 rings (SSSR count). The molecule has 2 amide bonds. The van der Waals surface area contributed by atoms with Crippen LogP contribution in [0.1, 0.15) is 35.7 Å². The highest BCUT2D eigenvalue weighted by Crippen LogP contribution is 2.43. The van der Waals surface area contributed by atoms with E-state index in [1.807, 2.05) is 0 Å². The Labute approximate surface area is 122 Å². The molecule has 0 radical (unpaired) electrons. The monoisotopic (exact) mass is 287 g/mol. The number of nitrogens with zero attached hydrogens (tertiary/aromatic N) is 1. The average molecular weight is 287 g/mol. The summed E-state index contributed by atoms with van der Waals surface area (Å²) in [6, 6.07) is 6.29. The number of rotatable bonds is 3. The molecule has 2 aliphatic rings. The molecule has 1 heterocycles. The Kier molecular flexibility index (Phi) is 3.27. The standard InChI is InChI=1S/C16H17NO4/c1-9-6-12-13(7-9)15(19)17(14(12)18)8-10-2-4-11(5-3-10)16(20)21/h2-5,9,12-13H,6-8H2,1H3,(H,20,21). The van der Waals surface area contributed by atoms with Crippen LogP contribution in [0.15, 0.2) is 24.3 Å². The number of carbonyl (C=O) groups is 3. The van der Waals surface area contributed by atoms with E-state index < -0.39 is 5.97 Å². The van der Waals surface area contributed by atoms with Gasteiger partial charge in [-0.1, -0.05) is 19.1 Å². The van der Waals surface area contributed by atoms with Crippen molar-refractivity contribution >= 4 is 17.8 Å². The molecular formula is C16H17NO4. The zero-order chi connectivity index (χ0) is 15.1. The number of benzene rings is 1. The van der Waals surface area contributed by atoms with Gasteiger partial charge in [0.15, 0.2) is 0 Å². The predicted molar refractivity (Wildman–Crippen MR) is 74.3 cm³/mol. The number of hydrogen-bond acceptors (Lipinski definition) is 3. The predicted octanol–water partition coefficient (Wildman–Crippen LogP) is 1.92. The number of carboxylic acid groups (broad SMARTS) is 1. The minimum Gasteiger partial charge on any atom is -0.478 e. The van der Waals surface area contributed by atoms with Crippen molar-refractivity contribution in [3.05, 3.63) is 35.4 Å². The molecular weight excluding hydrogens is 270 g/mol. The summed E-state index contributed by atoms with van der Waals surface area (Å²) in [6.07, 6.45) is 1.59. The number of fused-ring (bicyclic) bond motifs is 1. The van der Waals surface area contributed by atoms with Gasteiger partial charge >= 0.3 is 5.97 Å². The largest absolute Gasteiger partial charge is 0.478 e. The summed E-state index contributed by atoms with van der Waals surface area (Å²) in [7, 11) is 0. The molecule has 0 aromatic heterocycles. The Morgan fingerprint density at radius 3 is 2.14 bits per heavy atom. The van der Waals surface area contributed by atoms with Crippen LogP contribution in [-0.2, 0) is 16.1 Å². The second kappa shape index (κ2) is 4.98. The van der Waals surface area contributed by atoms with Gasteiger partial charge in [0.1, 0.15) is 0 Å². The smallest absolute Gasteiger partial charge is 0.335 e. The number of carboxylic acids is 1. The van der Waals surface area contributed by atoms with Crippen LogP contribution < -0.4 is 0 Å². The number of amides is 2. The first-order valence-corrected chi connectivity index (χ1v) is 7.15. The van der Waals surface area contributed by atoms with E-state index in [0.717, 1.165) is 18.4 Å². The molecule has 1 saturated carbocycles. The van der Waals surface area contributed by atoms with E-state index >= 15 is 0 Å². The number of hydrogen-bond donors (Lipinski definition) is 1. The topological polar surface area (TPSA) is 74.7 Å². The van der Waals surface area contributed by atoms with Crippen molar-refractivity contribution in [3.8, 4) is 0 Å². The molecule has 1 saturated heterocycles. The fraction of sp³-hybridized carbons (Fsp3) is 0.438. The molecule has 2 fully saturated rings. The van der Waals surface area contributed by atoms with E-state index in [1.54, 1.807) is 12.1 Å². The highest BCUT2D eigenvalue weighted by molar-refractivity contribution is 6.05. The van der Waals surface area contributed by atoms with Crippen molar-refractivity contribution in [2.24, 2.45) is 17.8 Å². The number of likely N-dealkylation sites (tertiary alicyclic amines) is 1. The Hall–Kier alpha value is -2.17. The summed E-state index contributed by atoms with van der Waals surface area (Å²) in [6.45, 7) is 2.31. The van der Waals surface area contributed by atoms with Crippen LogP contribution in [0.2, 0.25) is 0 Å². The van der Waals surface area contributed by atoms with Crippen molar-refractivity contribution < 1.29 is 19.5 Å². The van der Waals surface area contributed by atoms with Crippen molar-refractivity contribution in [3.63, 3.8) is 0 Å². The molecule has 5 nitrogen and oxygen atoms in total. The van der Waals surface area contributed by atoms with Gasteiger partial charge in [-0.05, 0) is 36.5 Å². The molecule has 1 N–H and O–H groups in total. The summed E-state index contributed by atoms with van der Waals surface area (Å²) in [5.41, 5.74) is 0.971. The van der Waals surface area contributed by atoms with Gasteiger partial charge in [0.25, 0.3) is 0 Å². The molecule has 1 aliphatic heterocycles. The van der Waals surface area contributed by atoms with Crippen molar-refractivity contribution in [1.29, 1.82) is 0 Å². The van der Waals surface area contributed by atoms with Crippen LogP contribution in [0, 0.1) is 17.8 Å². The third kappa shape index (κ3) is 2.33. The van der Waals surface area contributed by atoms with E-state index in [4.69, 9.17) is 5.11 Å². The summed E-state index contributed by atoms with van der Waals surface area (Å²) >= 11 is 0. The van der Waals surface area contributed by atoms with Crippen LogP contribution in [0.25, 0.3) is 0 Å². The van der Waals surface area contributed by atoms with Gasteiger partial charge in [0, 0.05) is 0 Å². The van der Waals surface area contributed by atoms with Gasteiger partial charge in [-0.2, -0.15) is 0 Å². The Bertz CT molecular complexity index is 583.